The second-order valence-electron chi connectivity index (χ2n) is 4.58. The lowest BCUT2D eigenvalue weighted by atomic mass is 10.1. The highest BCUT2D eigenvalue weighted by atomic mass is 16.4. The number of aliphatic carboxylic acids is 1. The standard InChI is InChI=1S/C14H17N3O2/c1-10-3-2-4-11(9-10)5-6-12-15-13(17-16-12)7-8-14(18)19/h2-4,9H,5-8H2,1H3,(H,18,19)(H,15,16,17). The van der Waals surface area contributed by atoms with E-state index in [4.69, 9.17) is 5.11 Å². The van der Waals surface area contributed by atoms with Crippen LogP contribution in [-0.4, -0.2) is 26.3 Å². The number of hydrogen-bond acceptors (Lipinski definition) is 3. The van der Waals surface area contributed by atoms with Crippen molar-refractivity contribution in [1.29, 1.82) is 0 Å². The van der Waals surface area contributed by atoms with E-state index in [0.29, 0.717) is 12.2 Å². The van der Waals surface area contributed by atoms with E-state index in [1.807, 2.05) is 6.07 Å². The molecule has 0 atom stereocenters. The molecule has 5 nitrogen and oxygen atoms in total. The molecule has 100 valence electrons. The smallest absolute Gasteiger partial charge is 0.303 e. The highest BCUT2D eigenvalue weighted by Crippen LogP contribution is 2.07. The SMILES string of the molecule is Cc1cccc(CCc2n[nH]c(CCC(=O)O)n2)c1. The largest absolute Gasteiger partial charge is 0.481 e. The number of benzene rings is 1. The van der Waals surface area contributed by atoms with Gasteiger partial charge in [-0.25, -0.2) is 4.98 Å². The molecule has 0 aliphatic rings. The van der Waals surface area contributed by atoms with Crippen molar-refractivity contribution in [2.45, 2.75) is 32.6 Å². The van der Waals surface area contributed by atoms with E-state index in [9.17, 15) is 4.79 Å². The fourth-order valence-electron chi connectivity index (χ4n) is 1.91. The van der Waals surface area contributed by atoms with Gasteiger partial charge in [-0.15, -0.1) is 0 Å². The monoisotopic (exact) mass is 259 g/mol. The number of carboxylic acids is 1. The zero-order valence-corrected chi connectivity index (χ0v) is 10.9. The fraction of sp³-hybridized carbons (Fsp3) is 0.357. The average Bonchev–Trinajstić information content (AvgIpc) is 2.82. The van der Waals surface area contributed by atoms with Crippen molar-refractivity contribution in [1.82, 2.24) is 15.2 Å². The average molecular weight is 259 g/mol. The number of nitrogens with zero attached hydrogens (tertiary/aromatic N) is 2. The summed E-state index contributed by atoms with van der Waals surface area (Å²) >= 11 is 0. The van der Waals surface area contributed by atoms with Crippen LogP contribution >= 0.6 is 0 Å². The summed E-state index contributed by atoms with van der Waals surface area (Å²) in [5.41, 5.74) is 2.51. The van der Waals surface area contributed by atoms with Gasteiger partial charge in [0, 0.05) is 12.8 Å². The van der Waals surface area contributed by atoms with Crippen LogP contribution in [0.5, 0.6) is 0 Å². The summed E-state index contributed by atoms with van der Waals surface area (Å²) in [6, 6.07) is 8.35. The molecule has 0 unspecified atom stereocenters. The first kappa shape index (κ1) is 13.3. The number of carboxylic acid groups (broad SMARTS) is 1. The van der Waals surface area contributed by atoms with E-state index < -0.39 is 5.97 Å². The minimum absolute atomic E-state index is 0.0759. The van der Waals surface area contributed by atoms with Crippen molar-refractivity contribution in [3.63, 3.8) is 0 Å². The van der Waals surface area contributed by atoms with Crippen LogP contribution in [0.3, 0.4) is 0 Å². The maximum atomic E-state index is 10.5. The van der Waals surface area contributed by atoms with Gasteiger partial charge in [0.25, 0.3) is 0 Å². The van der Waals surface area contributed by atoms with Crippen LogP contribution in [0.4, 0.5) is 0 Å². The van der Waals surface area contributed by atoms with E-state index in [0.717, 1.165) is 18.7 Å². The van der Waals surface area contributed by atoms with Crippen molar-refractivity contribution < 1.29 is 9.90 Å². The van der Waals surface area contributed by atoms with Crippen molar-refractivity contribution in [2.75, 3.05) is 0 Å². The molecule has 1 aromatic carbocycles. The minimum Gasteiger partial charge on any atom is -0.481 e. The van der Waals surface area contributed by atoms with E-state index in [2.05, 4.69) is 40.3 Å². The minimum atomic E-state index is -0.822. The quantitative estimate of drug-likeness (QED) is 0.830. The molecule has 0 saturated carbocycles. The third-order valence-electron chi connectivity index (χ3n) is 2.87. The molecule has 2 N–H and O–H groups in total. The van der Waals surface area contributed by atoms with Crippen LogP contribution in [0, 0.1) is 6.92 Å². The highest BCUT2D eigenvalue weighted by Gasteiger charge is 2.06. The summed E-state index contributed by atoms with van der Waals surface area (Å²) in [5, 5.41) is 15.5. The summed E-state index contributed by atoms with van der Waals surface area (Å²) < 4.78 is 0. The molecule has 1 aromatic heterocycles. The van der Waals surface area contributed by atoms with Gasteiger partial charge in [0.1, 0.15) is 5.82 Å². The Bertz CT molecular complexity index is 563. The first-order chi connectivity index (χ1) is 9.13. The number of carbonyl (C=O) groups is 1. The van der Waals surface area contributed by atoms with Crippen molar-refractivity contribution in [3.8, 4) is 0 Å². The second-order valence-corrected chi connectivity index (χ2v) is 4.58. The number of aromatic nitrogens is 3. The molecular formula is C14H17N3O2. The maximum absolute atomic E-state index is 10.5. The number of aryl methyl sites for hydroxylation is 4. The molecule has 1 heterocycles. The van der Waals surface area contributed by atoms with Crippen LogP contribution in [0.2, 0.25) is 0 Å². The molecule has 5 heteroatoms. The van der Waals surface area contributed by atoms with Gasteiger partial charge in [-0.2, -0.15) is 5.10 Å². The maximum Gasteiger partial charge on any atom is 0.303 e. The molecule has 0 bridgehead atoms. The van der Waals surface area contributed by atoms with Crippen molar-refractivity contribution in [3.05, 3.63) is 47.0 Å². The fourth-order valence-corrected chi connectivity index (χ4v) is 1.91. The van der Waals surface area contributed by atoms with Crippen LogP contribution in [0.15, 0.2) is 24.3 Å². The van der Waals surface area contributed by atoms with Gasteiger partial charge >= 0.3 is 5.97 Å². The molecule has 0 aliphatic carbocycles. The van der Waals surface area contributed by atoms with E-state index >= 15 is 0 Å². The zero-order chi connectivity index (χ0) is 13.7. The van der Waals surface area contributed by atoms with Gasteiger partial charge in [-0.1, -0.05) is 29.8 Å². The predicted molar refractivity (Wildman–Crippen MR) is 70.9 cm³/mol. The van der Waals surface area contributed by atoms with E-state index in [1.54, 1.807) is 0 Å². The van der Waals surface area contributed by atoms with Gasteiger partial charge in [0.15, 0.2) is 5.82 Å². The Morgan fingerprint density at radius 1 is 1.32 bits per heavy atom. The molecule has 19 heavy (non-hydrogen) atoms. The first-order valence-electron chi connectivity index (χ1n) is 6.31. The summed E-state index contributed by atoms with van der Waals surface area (Å²) in [7, 11) is 0. The second kappa shape index (κ2) is 6.13. The number of nitrogens with one attached hydrogen (secondary N) is 1. The molecule has 2 rings (SSSR count). The molecule has 0 fully saturated rings. The summed E-state index contributed by atoms with van der Waals surface area (Å²) in [6.07, 6.45) is 2.12. The Labute approximate surface area is 111 Å². The Morgan fingerprint density at radius 3 is 2.89 bits per heavy atom. The van der Waals surface area contributed by atoms with Crippen molar-refractivity contribution >= 4 is 5.97 Å². The predicted octanol–water partition coefficient (Wildman–Crippen LogP) is 1.92. The number of H-pyrrole nitrogens is 1. The first-order valence-corrected chi connectivity index (χ1v) is 6.31. The molecule has 0 amide bonds. The molecule has 2 aromatic rings. The van der Waals surface area contributed by atoms with E-state index in [1.165, 1.54) is 11.1 Å². The van der Waals surface area contributed by atoms with Gasteiger partial charge in [-0.3, -0.25) is 9.89 Å². The topological polar surface area (TPSA) is 78.9 Å². The molecule has 0 spiro atoms. The van der Waals surface area contributed by atoms with Gasteiger partial charge in [0.05, 0.1) is 6.42 Å². The van der Waals surface area contributed by atoms with Gasteiger partial charge in [-0.05, 0) is 18.9 Å². The Kier molecular flexibility index (Phi) is 4.28. The number of rotatable bonds is 6. The third-order valence-corrected chi connectivity index (χ3v) is 2.87. The van der Waals surface area contributed by atoms with Gasteiger partial charge in [0.2, 0.25) is 0 Å². The summed E-state index contributed by atoms with van der Waals surface area (Å²) in [5.74, 6) is 0.557. The Hall–Kier alpha value is -2.17. The zero-order valence-electron chi connectivity index (χ0n) is 10.9. The van der Waals surface area contributed by atoms with Crippen LogP contribution in [0.25, 0.3) is 0 Å². The van der Waals surface area contributed by atoms with Gasteiger partial charge < -0.3 is 5.11 Å². The molecule has 0 radical (unpaired) electrons. The van der Waals surface area contributed by atoms with E-state index in [-0.39, 0.29) is 6.42 Å². The lowest BCUT2D eigenvalue weighted by Gasteiger charge is -1.99. The number of hydrogen-bond donors (Lipinski definition) is 2. The lowest BCUT2D eigenvalue weighted by molar-refractivity contribution is -0.137. The molecular weight excluding hydrogens is 242 g/mol. The molecule has 0 saturated heterocycles. The Morgan fingerprint density at radius 2 is 2.16 bits per heavy atom. The lowest BCUT2D eigenvalue weighted by Crippen LogP contribution is -1.99. The van der Waals surface area contributed by atoms with Crippen molar-refractivity contribution in [2.24, 2.45) is 0 Å². The highest BCUT2D eigenvalue weighted by molar-refractivity contribution is 5.66. The summed E-state index contributed by atoms with van der Waals surface area (Å²) in [4.78, 5) is 14.7. The number of aromatic amines is 1. The van der Waals surface area contributed by atoms with Crippen LogP contribution < -0.4 is 0 Å². The van der Waals surface area contributed by atoms with Crippen LogP contribution in [-0.2, 0) is 24.1 Å². The summed E-state index contributed by atoms with van der Waals surface area (Å²) in [6.45, 7) is 2.07. The van der Waals surface area contributed by atoms with Crippen LogP contribution in [0.1, 0.15) is 29.2 Å². The molecule has 0 aliphatic heterocycles. The normalized spacial score (nSPS) is 10.6. The Balaban J connectivity index is 1.88. The third kappa shape index (κ3) is 4.21.